The Kier molecular flexibility index (Phi) is 2.43. The van der Waals surface area contributed by atoms with Crippen molar-refractivity contribution in [1.82, 2.24) is 4.98 Å². The number of fused-ring (bicyclic) bond motifs is 2. The molecule has 16 heavy (non-hydrogen) atoms. The molecule has 2 heteroatoms. The fraction of sp³-hybridized carbons (Fsp3) is 0.500. The van der Waals surface area contributed by atoms with Crippen LogP contribution in [0.2, 0.25) is 0 Å². The maximum absolute atomic E-state index is 4.33. The number of nitrogens with zero attached hydrogens (tertiary/aromatic N) is 1. The lowest BCUT2D eigenvalue weighted by Gasteiger charge is -2.18. The molecule has 0 spiro atoms. The van der Waals surface area contributed by atoms with Gasteiger partial charge in [0.1, 0.15) is 5.82 Å². The van der Waals surface area contributed by atoms with Gasteiger partial charge in [-0.05, 0) is 55.2 Å². The fourth-order valence-corrected chi connectivity index (χ4v) is 3.00. The van der Waals surface area contributed by atoms with Crippen molar-refractivity contribution < 1.29 is 0 Å². The molecule has 3 atom stereocenters. The molecule has 0 saturated heterocycles. The molecular weight excluding hydrogens is 196 g/mol. The molecule has 0 radical (unpaired) electrons. The Hall–Kier alpha value is -1.31. The maximum atomic E-state index is 4.33. The Morgan fingerprint density at radius 3 is 3.00 bits per heavy atom. The number of rotatable bonds is 3. The second kappa shape index (κ2) is 3.93. The molecule has 1 N–H and O–H groups in total. The molecule has 2 aliphatic rings. The van der Waals surface area contributed by atoms with Crippen LogP contribution in [0.15, 0.2) is 30.5 Å². The van der Waals surface area contributed by atoms with E-state index in [1.807, 2.05) is 12.3 Å². The Balaban J connectivity index is 1.59. The number of hydrogen-bond acceptors (Lipinski definition) is 2. The van der Waals surface area contributed by atoms with Crippen LogP contribution in [0.3, 0.4) is 0 Å². The van der Waals surface area contributed by atoms with Gasteiger partial charge in [0.25, 0.3) is 0 Å². The summed E-state index contributed by atoms with van der Waals surface area (Å²) in [5.74, 6) is 3.52. The predicted molar refractivity (Wildman–Crippen MR) is 66.3 cm³/mol. The van der Waals surface area contributed by atoms with Crippen LogP contribution in [0.5, 0.6) is 0 Å². The highest BCUT2D eigenvalue weighted by atomic mass is 15.0. The molecular formula is C14H18N2. The minimum Gasteiger partial charge on any atom is -0.370 e. The highest BCUT2D eigenvalue weighted by Gasteiger charge is 2.35. The highest BCUT2D eigenvalue weighted by Crippen LogP contribution is 2.43. The molecule has 3 unspecified atom stereocenters. The van der Waals surface area contributed by atoms with Gasteiger partial charge in [0.15, 0.2) is 0 Å². The van der Waals surface area contributed by atoms with E-state index in [0.717, 1.165) is 30.1 Å². The average molecular weight is 214 g/mol. The largest absolute Gasteiger partial charge is 0.370 e. The summed E-state index contributed by atoms with van der Waals surface area (Å²) in [5, 5.41) is 3.47. The molecule has 84 valence electrons. The summed E-state index contributed by atoms with van der Waals surface area (Å²) >= 11 is 0. The summed E-state index contributed by atoms with van der Waals surface area (Å²) in [6.45, 7) is 3.18. The topological polar surface area (TPSA) is 24.9 Å². The van der Waals surface area contributed by atoms with Crippen molar-refractivity contribution in [3.8, 4) is 0 Å². The third-order valence-electron chi connectivity index (χ3n) is 3.88. The van der Waals surface area contributed by atoms with Crippen LogP contribution in [-0.2, 0) is 0 Å². The Morgan fingerprint density at radius 1 is 1.38 bits per heavy atom. The van der Waals surface area contributed by atoms with Crippen LogP contribution < -0.4 is 5.32 Å². The van der Waals surface area contributed by atoms with Crippen molar-refractivity contribution in [1.29, 1.82) is 0 Å². The van der Waals surface area contributed by atoms with Gasteiger partial charge in [-0.2, -0.15) is 0 Å². The second-order valence-electron chi connectivity index (χ2n) is 5.14. The minimum atomic E-state index is 0.817. The number of nitrogens with one attached hydrogen (secondary N) is 1. The van der Waals surface area contributed by atoms with E-state index in [0.29, 0.717) is 0 Å². The zero-order valence-corrected chi connectivity index (χ0v) is 9.69. The van der Waals surface area contributed by atoms with E-state index in [1.54, 1.807) is 0 Å². The first-order valence-corrected chi connectivity index (χ1v) is 6.16. The van der Waals surface area contributed by atoms with E-state index >= 15 is 0 Å². The first-order valence-electron chi connectivity index (χ1n) is 6.16. The summed E-state index contributed by atoms with van der Waals surface area (Å²) in [5.41, 5.74) is 1.27. The SMILES string of the molecule is Cc1ccnc(NCC2CC3C=CC2C3)c1. The maximum Gasteiger partial charge on any atom is 0.126 e. The van der Waals surface area contributed by atoms with Crippen LogP contribution >= 0.6 is 0 Å². The van der Waals surface area contributed by atoms with E-state index in [4.69, 9.17) is 0 Å². The van der Waals surface area contributed by atoms with E-state index in [9.17, 15) is 0 Å². The lowest BCUT2D eigenvalue weighted by Crippen LogP contribution is -2.18. The van der Waals surface area contributed by atoms with Gasteiger partial charge in [0.2, 0.25) is 0 Å². The van der Waals surface area contributed by atoms with Crippen molar-refractivity contribution in [2.75, 3.05) is 11.9 Å². The minimum absolute atomic E-state index is 0.817. The van der Waals surface area contributed by atoms with E-state index in [-0.39, 0.29) is 0 Å². The van der Waals surface area contributed by atoms with Gasteiger partial charge in [-0.15, -0.1) is 0 Å². The number of pyridine rings is 1. The molecule has 1 fully saturated rings. The number of allylic oxidation sites excluding steroid dienone is 2. The third kappa shape index (κ3) is 1.84. The van der Waals surface area contributed by atoms with Crippen molar-refractivity contribution in [2.24, 2.45) is 17.8 Å². The Labute approximate surface area is 96.8 Å². The third-order valence-corrected chi connectivity index (χ3v) is 3.88. The smallest absolute Gasteiger partial charge is 0.126 e. The standard InChI is InChI=1S/C14H18N2/c1-10-4-5-15-14(6-10)16-9-13-8-11-2-3-12(13)7-11/h2-6,11-13H,7-9H2,1H3,(H,15,16). The molecule has 0 aromatic carbocycles. The zero-order chi connectivity index (χ0) is 11.0. The molecule has 1 aromatic heterocycles. The summed E-state index contributed by atoms with van der Waals surface area (Å²) < 4.78 is 0. The molecule has 0 aliphatic heterocycles. The van der Waals surface area contributed by atoms with Gasteiger partial charge in [-0.25, -0.2) is 4.98 Å². The summed E-state index contributed by atoms with van der Waals surface area (Å²) in [7, 11) is 0. The lowest BCUT2D eigenvalue weighted by atomic mass is 9.94. The molecule has 0 amide bonds. The molecule has 1 heterocycles. The first kappa shape index (κ1) is 9.88. The molecule has 1 saturated carbocycles. The summed E-state index contributed by atoms with van der Waals surface area (Å²) in [4.78, 5) is 4.33. The van der Waals surface area contributed by atoms with Crippen LogP contribution in [0, 0.1) is 24.7 Å². The molecule has 1 aromatic rings. The Bertz CT molecular complexity index is 411. The van der Waals surface area contributed by atoms with Gasteiger partial charge in [0, 0.05) is 12.7 Å². The van der Waals surface area contributed by atoms with Crippen LogP contribution in [0.25, 0.3) is 0 Å². The van der Waals surface area contributed by atoms with Crippen LogP contribution in [0.1, 0.15) is 18.4 Å². The molecule has 3 rings (SSSR count). The molecule has 2 nitrogen and oxygen atoms in total. The molecule has 2 bridgehead atoms. The fourth-order valence-electron chi connectivity index (χ4n) is 3.00. The second-order valence-corrected chi connectivity index (χ2v) is 5.14. The van der Waals surface area contributed by atoms with Gasteiger partial charge < -0.3 is 5.32 Å². The zero-order valence-electron chi connectivity index (χ0n) is 9.69. The molecule has 2 aliphatic carbocycles. The lowest BCUT2D eigenvalue weighted by molar-refractivity contribution is 0.471. The number of hydrogen-bond donors (Lipinski definition) is 1. The number of anilines is 1. The van der Waals surface area contributed by atoms with Crippen LogP contribution in [-0.4, -0.2) is 11.5 Å². The van der Waals surface area contributed by atoms with Gasteiger partial charge in [0.05, 0.1) is 0 Å². The van der Waals surface area contributed by atoms with Gasteiger partial charge in [-0.3, -0.25) is 0 Å². The highest BCUT2D eigenvalue weighted by molar-refractivity contribution is 5.37. The Morgan fingerprint density at radius 2 is 2.31 bits per heavy atom. The summed E-state index contributed by atoms with van der Waals surface area (Å²) in [6.07, 6.45) is 9.42. The quantitative estimate of drug-likeness (QED) is 0.782. The predicted octanol–water partition coefficient (Wildman–Crippen LogP) is 3.01. The number of aromatic nitrogens is 1. The van der Waals surface area contributed by atoms with Gasteiger partial charge >= 0.3 is 0 Å². The van der Waals surface area contributed by atoms with Crippen LogP contribution in [0.4, 0.5) is 5.82 Å². The monoisotopic (exact) mass is 214 g/mol. The van der Waals surface area contributed by atoms with E-state index in [2.05, 4.69) is 35.4 Å². The van der Waals surface area contributed by atoms with E-state index in [1.165, 1.54) is 18.4 Å². The van der Waals surface area contributed by atoms with Crippen molar-refractivity contribution in [3.05, 3.63) is 36.0 Å². The summed E-state index contributed by atoms with van der Waals surface area (Å²) in [6, 6.07) is 4.15. The first-order chi connectivity index (χ1) is 7.81. The van der Waals surface area contributed by atoms with Gasteiger partial charge in [-0.1, -0.05) is 12.2 Å². The van der Waals surface area contributed by atoms with Crippen molar-refractivity contribution in [2.45, 2.75) is 19.8 Å². The average Bonchev–Trinajstić information content (AvgIpc) is 2.88. The van der Waals surface area contributed by atoms with Crippen molar-refractivity contribution >= 4 is 5.82 Å². The normalized spacial score (nSPS) is 30.9. The van der Waals surface area contributed by atoms with Crippen molar-refractivity contribution in [3.63, 3.8) is 0 Å². The van der Waals surface area contributed by atoms with E-state index < -0.39 is 0 Å². The number of aryl methyl sites for hydroxylation is 1.